The number of nitrogens with zero attached hydrogens (tertiary/aromatic N) is 1. The van der Waals surface area contributed by atoms with Crippen LogP contribution in [0.15, 0.2) is 12.2 Å². The SMILES string of the molecule is C=C(C)CN(CC)C(=O)CC1(C(=O)O)CCCC1. The number of carboxylic acids is 1. The first-order valence-electron chi connectivity index (χ1n) is 6.57. The van der Waals surface area contributed by atoms with Gasteiger partial charge in [-0.2, -0.15) is 0 Å². The second-order valence-corrected chi connectivity index (χ2v) is 5.33. The highest BCUT2D eigenvalue weighted by atomic mass is 16.4. The summed E-state index contributed by atoms with van der Waals surface area (Å²) >= 11 is 0. The van der Waals surface area contributed by atoms with Crippen LogP contribution in [0.25, 0.3) is 0 Å². The van der Waals surface area contributed by atoms with Crippen LogP contribution < -0.4 is 0 Å². The molecule has 0 heterocycles. The summed E-state index contributed by atoms with van der Waals surface area (Å²) in [7, 11) is 0. The Morgan fingerprint density at radius 3 is 2.28 bits per heavy atom. The summed E-state index contributed by atoms with van der Waals surface area (Å²) in [5, 5.41) is 9.36. The van der Waals surface area contributed by atoms with Crippen LogP contribution in [0.3, 0.4) is 0 Å². The van der Waals surface area contributed by atoms with E-state index in [9.17, 15) is 14.7 Å². The van der Waals surface area contributed by atoms with Gasteiger partial charge in [0.25, 0.3) is 0 Å². The third kappa shape index (κ3) is 3.34. The van der Waals surface area contributed by atoms with Crippen LogP contribution >= 0.6 is 0 Å². The molecule has 1 rings (SSSR count). The van der Waals surface area contributed by atoms with E-state index in [0.29, 0.717) is 25.9 Å². The van der Waals surface area contributed by atoms with Crippen LogP contribution in [0.1, 0.15) is 46.0 Å². The average Bonchev–Trinajstić information content (AvgIpc) is 2.75. The Morgan fingerprint density at radius 1 is 1.33 bits per heavy atom. The van der Waals surface area contributed by atoms with Gasteiger partial charge in [0.1, 0.15) is 0 Å². The minimum Gasteiger partial charge on any atom is -0.481 e. The second kappa shape index (κ2) is 6.03. The number of hydrogen-bond acceptors (Lipinski definition) is 2. The van der Waals surface area contributed by atoms with Gasteiger partial charge < -0.3 is 10.0 Å². The minimum atomic E-state index is -0.820. The molecule has 0 saturated heterocycles. The maximum absolute atomic E-state index is 12.2. The molecule has 0 aromatic heterocycles. The molecule has 1 fully saturated rings. The molecule has 0 unspecified atom stereocenters. The Bertz CT molecular complexity index is 343. The fraction of sp³-hybridized carbons (Fsp3) is 0.714. The number of rotatable bonds is 6. The van der Waals surface area contributed by atoms with Gasteiger partial charge >= 0.3 is 5.97 Å². The van der Waals surface area contributed by atoms with E-state index in [1.807, 2.05) is 13.8 Å². The van der Waals surface area contributed by atoms with Gasteiger partial charge in [0.15, 0.2) is 0 Å². The van der Waals surface area contributed by atoms with Gasteiger partial charge in [-0.3, -0.25) is 9.59 Å². The maximum Gasteiger partial charge on any atom is 0.310 e. The van der Waals surface area contributed by atoms with Crippen molar-refractivity contribution in [3.05, 3.63) is 12.2 Å². The zero-order chi connectivity index (χ0) is 13.8. The highest BCUT2D eigenvalue weighted by molar-refractivity contribution is 5.85. The molecule has 0 aliphatic heterocycles. The monoisotopic (exact) mass is 253 g/mol. The molecule has 0 spiro atoms. The number of carbonyl (C=O) groups is 2. The summed E-state index contributed by atoms with van der Waals surface area (Å²) in [6.07, 6.45) is 3.19. The van der Waals surface area contributed by atoms with Crippen molar-refractivity contribution in [1.82, 2.24) is 4.90 Å². The molecule has 18 heavy (non-hydrogen) atoms. The van der Waals surface area contributed by atoms with Crippen molar-refractivity contribution in [2.45, 2.75) is 46.0 Å². The van der Waals surface area contributed by atoms with Gasteiger partial charge in [-0.05, 0) is 26.7 Å². The van der Waals surface area contributed by atoms with Crippen molar-refractivity contribution in [3.63, 3.8) is 0 Å². The molecule has 1 aliphatic rings. The highest BCUT2D eigenvalue weighted by Crippen LogP contribution is 2.41. The number of hydrogen-bond donors (Lipinski definition) is 1. The van der Waals surface area contributed by atoms with Crippen molar-refractivity contribution in [2.24, 2.45) is 5.41 Å². The molecule has 0 radical (unpaired) electrons. The lowest BCUT2D eigenvalue weighted by Crippen LogP contribution is -2.39. The van der Waals surface area contributed by atoms with E-state index in [2.05, 4.69) is 6.58 Å². The maximum atomic E-state index is 12.2. The molecule has 0 bridgehead atoms. The third-order valence-electron chi connectivity index (χ3n) is 3.70. The fourth-order valence-corrected chi connectivity index (χ4v) is 2.62. The molecule has 1 N–H and O–H groups in total. The normalized spacial score (nSPS) is 17.4. The standard InChI is InChI=1S/C14H23NO3/c1-4-15(10-11(2)3)12(16)9-14(13(17)18)7-5-6-8-14/h2,4-10H2,1,3H3,(H,17,18). The molecule has 0 aromatic carbocycles. The van der Waals surface area contributed by atoms with E-state index >= 15 is 0 Å². The molecule has 0 atom stereocenters. The van der Waals surface area contributed by atoms with Crippen molar-refractivity contribution < 1.29 is 14.7 Å². The first-order valence-corrected chi connectivity index (χ1v) is 6.57. The number of aliphatic carboxylic acids is 1. The summed E-state index contributed by atoms with van der Waals surface area (Å²) < 4.78 is 0. The van der Waals surface area contributed by atoms with Crippen LogP contribution in [0.5, 0.6) is 0 Å². The highest BCUT2D eigenvalue weighted by Gasteiger charge is 2.43. The number of carboxylic acid groups (broad SMARTS) is 1. The summed E-state index contributed by atoms with van der Waals surface area (Å²) in [5.74, 6) is -0.885. The number of carbonyl (C=O) groups excluding carboxylic acids is 1. The van der Waals surface area contributed by atoms with Crippen LogP contribution in [-0.4, -0.2) is 35.0 Å². The number of amides is 1. The van der Waals surface area contributed by atoms with Gasteiger partial charge in [0, 0.05) is 19.5 Å². The van der Waals surface area contributed by atoms with Gasteiger partial charge in [0.2, 0.25) is 5.91 Å². The molecule has 4 nitrogen and oxygen atoms in total. The Hall–Kier alpha value is -1.32. The van der Waals surface area contributed by atoms with E-state index in [1.165, 1.54) is 0 Å². The zero-order valence-electron chi connectivity index (χ0n) is 11.4. The molecule has 102 valence electrons. The lowest BCUT2D eigenvalue weighted by atomic mass is 9.82. The molecule has 1 saturated carbocycles. The van der Waals surface area contributed by atoms with Crippen LogP contribution in [0.4, 0.5) is 0 Å². The minimum absolute atomic E-state index is 0.0650. The molecule has 1 amide bonds. The lowest BCUT2D eigenvalue weighted by Gasteiger charge is -2.28. The van der Waals surface area contributed by atoms with Gasteiger partial charge in [-0.1, -0.05) is 25.0 Å². The molecule has 1 aliphatic carbocycles. The average molecular weight is 253 g/mol. The summed E-state index contributed by atoms with van der Waals surface area (Å²) in [5.41, 5.74) is 0.0977. The summed E-state index contributed by atoms with van der Waals surface area (Å²) in [6, 6.07) is 0. The van der Waals surface area contributed by atoms with Crippen molar-refractivity contribution >= 4 is 11.9 Å². The summed E-state index contributed by atoms with van der Waals surface area (Å²) in [4.78, 5) is 25.3. The Balaban J connectivity index is 2.71. The van der Waals surface area contributed by atoms with Crippen molar-refractivity contribution in [2.75, 3.05) is 13.1 Å². The Kier molecular flexibility index (Phi) is 4.93. The van der Waals surface area contributed by atoms with Crippen LogP contribution in [0.2, 0.25) is 0 Å². The predicted octanol–water partition coefficient (Wildman–Crippen LogP) is 2.45. The van der Waals surface area contributed by atoms with Gasteiger partial charge in [0.05, 0.1) is 5.41 Å². The second-order valence-electron chi connectivity index (χ2n) is 5.33. The van der Waals surface area contributed by atoms with E-state index in [0.717, 1.165) is 18.4 Å². The predicted molar refractivity (Wildman–Crippen MR) is 70.2 cm³/mol. The van der Waals surface area contributed by atoms with Gasteiger partial charge in [-0.25, -0.2) is 0 Å². The van der Waals surface area contributed by atoms with E-state index in [-0.39, 0.29) is 12.3 Å². The Morgan fingerprint density at radius 2 is 1.89 bits per heavy atom. The van der Waals surface area contributed by atoms with E-state index in [1.54, 1.807) is 4.90 Å². The zero-order valence-corrected chi connectivity index (χ0v) is 11.4. The smallest absolute Gasteiger partial charge is 0.310 e. The Labute approximate surface area is 109 Å². The molecular weight excluding hydrogens is 230 g/mol. The molecule has 0 aromatic rings. The third-order valence-corrected chi connectivity index (χ3v) is 3.70. The first kappa shape index (κ1) is 14.7. The summed E-state index contributed by atoms with van der Waals surface area (Å²) in [6.45, 7) is 8.70. The quantitative estimate of drug-likeness (QED) is 0.740. The van der Waals surface area contributed by atoms with Gasteiger partial charge in [-0.15, -0.1) is 0 Å². The van der Waals surface area contributed by atoms with Crippen LogP contribution in [0, 0.1) is 5.41 Å². The van der Waals surface area contributed by atoms with E-state index < -0.39 is 11.4 Å². The van der Waals surface area contributed by atoms with E-state index in [4.69, 9.17) is 0 Å². The largest absolute Gasteiger partial charge is 0.481 e. The molecular formula is C14H23NO3. The molecule has 4 heteroatoms. The fourth-order valence-electron chi connectivity index (χ4n) is 2.62. The first-order chi connectivity index (χ1) is 8.41. The topological polar surface area (TPSA) is 57.6 Å². The van der Waals surface area contributed by atoms with Crippen molar-refractivity contribution in [3.8, 4) is 0 Å². The van der Waals surface area contributed by atoms with Crippen LogP contribution in [-0.2, 0) is 9.59 Å². The number of likely N-dealkylation sites (N-methyl/N-ethyl adjacent to an activating group) is 1. The van der Waals surface area contributed by atoms with Crippen molar-refractivity contribution in [1.29, 1.82) is 0 Å². The lowest BCUT2D eigenvalue weighted by molar-refractivity contribution is -0.153.